The predicted molar refractivity (Wildman–Crippen MR) is 53.9 cm³/mol. The molecule has 8 nitrogen and oxygen atoms in total. The van der Waals surface area contributed by atoms with Crippen LogP contribution in [0.5, 0.6) is 6.01 Å². The molecule has 0 aromatic carbocycles. The van der Waals surface area contributed by atoms with Crippen LogP contribution in [0.3, 0.4) is 0 Å². The molecule has 16 heavy (non-hydrogen) atoms. The summed E-state index contributed by atoms with van der Waals surface area (Å²) >= 11 is 0. The maximum absolute atomic E-state index is 11.5. The first-order valence-corrected chi connectivity index (χ1v) is 4.52. The van der Waals surface area contributed by atoms with Gasteiger partial charge in [-0.2, -0.15) is 10.1 Å². The molecule has 0 bridgehead atoms. The van der Waals surface area contributed by atoms with Crippen molar-refractivity contribution in [3.63, 3.8) is 0 Å². The Labute approximate surface area is 90.4 Å². The number of rotatable bonds is 4. The molecule has 0 aliphatic rings. The van der Waals surface area contributed by atoms with E-state index in [1.807, 2.05) is 0 Å². The van der Waals surface area contributed by atoms with Crippen molar-refractivity contribution in [3.05, 3.63) is 18.0 Å². The third-order valence-electron chi connectivity index (χ3n) is 1.81. The molecule has 8 heteroatoms. The van der Waals surface area contributed by atoms with Crippen molar-refractivity contribution in [2.24, 2.45) is 0 Å². The van der Waals surface area contributed by atoms with Crippen molar-refractivity contribution >= 4 is 11.9 Å². The molecule has 3 N–H and O–H groups in total. The van der Waals surface area contributed by atoms with E-state index in [1.54, 1.807) is 12.3 Å². The molecule has 0 radical (unpaired) electrons. The summed E-state index contributed by atoms with van der Waals surface area (Å²) in [7, 11) is 1.44. The van der Waals surface area contributed by atoms with Crippen LogP contribution in [-0.2, 0) is 11.2 Å². The SMILES string of the molecule is COc1n[nH]c(NC(=O)Cc2ccn[nH]2)n1. The molecule has 2 rings (SSSR count). The molecule has 0 saturated carbocycles. The van der Waals surface area contributed by atoms with Crippen LogP contribution in [-0.4, -0.2) is 38.4 Å². The molecule has 0 unspecified atom stereocenters. The fraction of sp³-hybridized carbons (Fsp3) is 0.250. The van der Waals surface area contributed by atoms with Gasteiger partial charge in [-0.15, -0.1) is 5.10 Å². The van der Waals surface area contributed by atoms with Gasteiger partial charge in [0.15, 0.2) is 0 Å². The van der Waals surface area contributed by atoms with Crippen LogP contribution >= 0.6 is 0 Å². The number of nitrogens with one attached hydrogen (secondary N) is 3. The third kappa shape index (κ3) is 2.35. The van der Waals surface area contributed by atoms with E-state index >= 15 is 0 Å². The number of carbonyl (C=O) groups excluding carboxylic acids is 1. The molecule has 84 valence electrons. The summed E-state index contributed by atoms with van der Waals surface area (Å²) in [5.41, 5.74) is 0.726. The molecule has 0 aliphatic heterocycles. The molecular weight excluding hydrogens is 212 g/mol. The average Bonchev–Trinajstić information content (AvgIpc) is 2.89. The number of methoxy groups -OCH3 is 1. The van der Waals surface area contributed by atoms with Gasteiger partial charge in [0.2, 0.25) is 11.9 Å². The first-order chi connectivity index (χ1) is 7.78. The third-order valence-corrected chi connectivity index (χ3v) is 1.81. The minimum atomic E-state index is -0.219. The van der Waals surface area contributed by atoms with Crippen LogP contribution in [0, 0.1) is 0 Å². The molecule has 2 aromatic rings. The molecule has 1 amide bonds. The van der Waals surface area contributed by atoms with E-state index in [0.29, 0.717) is 0 Å². The molecule has 0 saturated heterocycles. The highest BCUT2D eigenvalue weighted by molar-refractivity contribution is 5.90. The highest BCUT2D eigenvalue weighted by Gasteiger charge is 2.08. The average molecular weight is 222 g/mol. The zero-order valence-corrected chi connectivity index (χ0v) is 8.52. The standard InChI is InChI=1S/C8H10N6O2/c1-16-8-11-7(13-14-8)10-6(15)4-5-2-3-9-12-5/h2-3H,4H2,1H3,(H,9,12)(H2,10,11,13,14,15). The Morgan fingerprint density at radius 1 is 1.56 bits per heavy atom. The number of aromatic amines is 2. The van der Waals surface area contributed by atoms with Crippen LogP contribution in [0.15, 0.2) is 12.3 Å². The summed E-state index contributed by atoms with van der Waals surface area (Å²) < 4.78 is 4.76. The fourth-order valence-electron chi connectivity index (χ4n) is 1.13. The van der Waals surface area contributed by atoms with Gasteiger partial charge in [0.1, 0.15) is 0 Å². The van der Waals surface area contributed by atoms with E-state index in [1.165, 1.54) is 7.11 Å². The summed E-state index contributed by atoms with van der Waals surface area (Å²) in [5, 5.41) is 15.2. The van der Waals surface area contributed by atoms with Gasteiger partial charge >= 0.3 is 6.01 Å². The zero-order chi connectivity index (χ0) is 11.4. The highest BCUT2D eigenvalue weighted by atomic mass is 16.5. The van der Waals surface area contributed by atoms with Gasteiger partial charge in [0.25, 0.3) is 0 Å². The van der Waals surface area contributed by atoms with Gasteiger partial charge in [-0.25, -0.2) is 5.10 Å². The van der Waals surface area contributed by atoms with E-state index in [4.69, 9.17) is 4.74 Å². The van der Waals surface area contributed by atoms with Crippen LogP contribution in [0.2, 0.25) is 0 Å². The molecule has 2 heterocycles. The normalized spacial score (nSPS) is 10.1. The van der Waals surface area contributed by atoms with Crippen molar-refractivity contribution < 1.29 is 9.53 Å². The van der Waals surface area contributed by atoms with E-state index in [9.17, 15) is 4.79 Å². The van der Waals surface area contributed by atoms with Crippen molar-refractivity contribution in [1.29, 1.82) is 0 Å². The Bertz CT molecular complexity index is 463. The molecule has 0 spiro atoms. The second kappa shape index (κ2) is 4.43. The van der Waals surface area contributed by atoms with Crippen LogP contribution < -0.4 is 10.1 Å². The zero-order valence-electron chi connectivity index (χ0n) is 8.52. The van der Waals surface area contributed by atoms with Crippen LogP contribution in [0.1, 0.15) is 5.69 Å². The molecular formula is C8H10N6O2. The summed E-state index contributed by atoms with van der Waals surface area (Å²) in [6.45, 7) is 0. The Kier molecular flexibility index (Phi) is 2.81. The number of aromatic nitrogens is 5. The second-order valence-electron chi connectivity index (χ2n) is 2.98. The monoisotopic (exact) mass is 222 g/mol. The lowest BCUT2D eigenvalue weighted by Gasteiger charge is -1.98. The Hall–Kier alpha value is -2.38. The van der Waals surface area contributed by atoms with Gasteiger partial charge < -0.3 is 4.74 Å². The Morgan fingerprint density at radius 3 is 3.06 bits per heavy atom. The van der Waals surface area contributed by atoms with Crippen molar-refractivity contribution in [1.82, 2.24) is 25.4 Å². The van der Waals surface area contributed by atoms with E-state index in [2.05, 4.69) is 30.7 Å². The van der Waals surface area contributed by atoms with E-state index in [-0.39, 0.29) is 24.3 Å². The van der Waals surface area contributed by atoms with Gasteiger partial charge in [-0.3, -0.25) is 15.2 Å². The summed E-state index contributed by atoms with van der Waals surface area (Å²) in [6.07, 6.45) is 1.78. The summed E-state index contributed by atoms with van der Waals surface area (Å²) in [4.78, 5) is 15.3. The molecule has 0 aliphatic carbocycles. The van der Waals surface area contributed by atoms with Crippen molar-refractivity contribution in [3.8, 4) is 6.01 Å². The molecule has 2 aromatic heterocycles. The Morgan fingerprint density at radius 2 is 2.44 bits per heavy atom. The smallest absolute Gasteiger partial charge is 0.336 e. The van der Waals surface area contributed by atoms with Crippen LogP contribution in [0.25, 0.3) is 0 Å². The molecule has 0 fully saturated rings. The van der Waals surface area contributed by atoms with E-state index < -0.39 is 0 Å². The number of nitrogens with zero attached hydrogens (tertiary/aromatic N) is 3. The minimum Gasteiger partial charge on any atom is -0.466 e. The number of hydrogen-bond acceptors (Lipinski definition) is 5. The van der Waals surface area contributed by atoms with Gasteiger partial charge in [-0.05, 0) is 6.07 Å². The number of carbonyl (C=O) groups is 1. The maximum Gasteiger partial charge on any atom is 0.336 e. The maximum atomic E-state index is 11.5. The quantitative estimate of drug-likeness (QED) is 0.659. The van der Waals surface area contributed by atoms with Crippen molar-refractivity contribution in [2.45, 2.75) is 6.42 Å². The number of amides is 1. The lowest BCUT2D eigenvalue weighted by Crippen LogP contribution is -2.15. The summed E-state index contributed by atoms with van der Waals surface area (Å²) in [6, 6.07) is 1.90. The first-order valence-electron chi connectivity index (χ1n) is 4.52. The first kappa shape index (κ1) is 10.1. The van der Waals surface area contributed by atoms with Crippen LogP contribution in [0.4, 0.5) is 5.95 Å². The highest BCUT2D eigenvalue weighted by Crippen LogP contribution is 2.05. The second-order valence-corrected chi connectivity index (χ2v) is 2.98. The van der Waals surface area contributed by atoms with E-state index in [0.717, 1.165) is 5.69 Å². The number of hydrogen-bond donors (Lipinski definition) is 3. The number of anilines is 1. The number of H-pyrrole nitrogens is 2. The largest absolute Gasteiger partial charge is 0.466 e. The fourth-order valence-corrected chi connectivity index (χ4v) is 1.13. The lowest BCUT2D eigenvalue weighted by atomic mass is 10.3. The van der Waals surface area contributed by atoms with Gasteiger partial charge in [0, 0.05) is 11.9 Å². The summed E-state index contributed by atoms with van der Waals surface area (Å²) in [5.74, 6) is 0.0319. The topological polar surface area (TPSA) is 109 Å². The molecule has 0 atom stereocenters. The lowest BCUT2D eigenvalue weighted by molar-refractivity contribution is -0.115. The van der Waals surface area contributed by atoms with Gasteiger partial charge in [-0.1, -0.05) is 0 Å². The number of ether oxygens (including phenoxy) is 1. The van der Waals surface area contributed by atoms with Gasteiger partial charge in [0.05, 0.1) is 13.5 Å². The minimum absolute atomic E-state index is 0.178. The predicted octanol–water partition coefficient (Wildman–Crippen LogP) is -0.282. The van der Waals surface area contributed by atoms with Crippen molar-refractivity contribution in [2.75, 3.05) is 12.4 Å². The Balaban J connectivity index is 1.92.